The summed E-state index contributed by atoms with van der Waals surface area (Å²) in [5.74, 6) is 0. The minimum Gasteiger partial charge on any atom is -0.394 e. The van der Waals surface area contributed by atoms with Crippen LogP contribution in [-0.4, -0.2) is 110 Å². The summed E-state index contributed by atoms with van der Waals surface area (Å²) in [6, 6.07) is 0. The zero-order valence-electron chi connectivity index (χ0n) is 11.1. The smallest absolute Gasteiger partial charge is 0.186 e. The van der Waals surface area contributed by atoms with E-state index in [1.54, 1.807) is 0 Å². The first-order valence-corrected chi connectivity index (χ1v) is 6.40. The van der Waals surface area contributed by atoms with Crippen molar-refractivity contribution in [2.45, 2.75) is 49.0 Å². The van der Waals surface area contributed by atoms with Crippen LogP contribution < -0.4 is 0 Å². The first-order valence-electron chi connectivity index (χ1n) is 6.40. The number of aliphatic hydroxyl groups is 8. The fourth-order valence-electron chi connectivity index (χ4n) is 1.86. The van der Waals surface area contributed by atoms with E-state index in [1.165, 1.54) is 0 Å². The van der Waals surface area contributed by atoms with Gasteiger partial charge in [-0.1, -0.05) is 0 Å². The lowest BCUT2D eigenvalue weighted by molar-refractivity contribution is -0.306. The quantitative estimate of drug-likeness (QED) is 0.226. The van der Waals surface area contributed by atoms with Gasteiger partial charge in [0.05, 0.1) is 19.8 Å². The van der Waals surface area contributed by atoms with Gasteiger partial charge in [-0.3, -0.25) is 0 Å². The molecule has 8 atom stereocenters. The van der Waals surface area contributed by atoms with Crippen LogP contribution in [0.15, 0.2) is 0 Å². The molecule has 21 heavy (non-hydrogen) atoms. The summed E-state index contributed by atoms with van der Waals surface area (Å²) in [5, 5.41) is 74.4. The summed E-state index contributed by atoms with van der Waals surface area (Å²) in [4.78, 5) is 0. The molecule has 0 spiro atoms. The Morgan fingerprint density at radius 3 is 2.05 bits per heavy atom. The van der Waals surface area contributed by atoms with Crippen LogP contribution >= 0.6 is 0 Å². The fraction of sp³-hybridized carbons (Fsp3) is 1.00. The standard InChI is InChI=1S/C11H22O10/c12-1-4(14)7(16)5(15)3-20-11-10(19)9(18)8(17)6(2-13)21-11/h4-19H,1-3H2/t4-,5-,6-,7-,8-,9+,10-,11+/m1/s1. The molecule has 0 aromatic heterocycles. The minimum atomic E-state index is -1.68. The van der Waals surface area contributed by atoms with Crippen LogP contribution in [0.3, 0.4) is 0 Å². The molecule has 0 aliphatic carbocycles. The van der Waals surface area contributed by atoms with Crippen LogP contribution in [-0.2, 0) is 9.47 Å². The zero-order valence-corrected chi connectivity index (χ0v) is 11.1. The highest BCUT2D eigenvalue weighted by Gasteiger charge is 2.44. The van der Waals surface area contributed by atoms with Crippen molar-refractivity contribution in [2.75, 3.05) is 19.8 Å². The topological polar surface area (TPSA) is 180 Å². The molecule has 10 nitrogen and oxygen atoms in total. The van der Waals surface area contributed by atoms with E-state index in [0.717, 1.165) is 0 Å². The van der Waals surface area contributed by atoms with Crippen molar-refractivity contribution in [1.82, 2.24) is 0 Å². The lowest BCUT2D eigenvalue weighted by Gasteiger charge is -2.40. The number of ether oxygens (including phenoxy) is 2. The highest BCUT2D eigenvalue weighted by molar-refractivity contribution is 4.89. The van der Waals surface area contributed by atoms with E-state index < -0.39 is 68.8 Å². The minimum absolute atomic E-state index is 0.582. The molecule has 1 fully saturated rings. The van der Waals surface area contributed by atoms with Gasteiger partial charge in [-0.05, 0) is 0 Å². The van der Waals surface area contributed by atoms with Crippen molar-refractivity contribution < 1.29 is 50.3 Å². The number of aliphatic hydroxyl groups excluding tert-OH is 8. The molecule has 126 valence electrons. The van der Waals surface area contributed by atoms with E-state index in [0.29, 0.717) is 0 Å². The van der Waals surface area contributed by atoms with Crippen molar-refractivity contribution in [3.05, 3.63) is 0 Å². The summed E-state index contributed by atoms with van der Waals surface area (Å²) in [6.07, 6.45) is -12.2. The Morgan fingerprint density at radius 1 is 0.905 bits per heavy atom. The number of hydrogen-bond acceptors (Lipinski definition) is 10. The van der Waals surface area contributed by atoms with Crippen LogP contribution in [0, 0.1) is 0 Å². The molecular formula is C11H22O10. The second kappa shape index (κ2) is 8.29. The maximum atomic E-state index is 9.65. The molecule has 0 aromatic rings. The normalized spacial score (nSPS) is 38.0. The van der Waals surface area contributed by atoms with Crippen LogP contribution in [0.2, 0.25) is 0 Å². The van der Waals surface area contributed by atoms with E-state index in [4.69, 9.17) is 24.8 Å². The summed E-state index contributed by atoms with van der Waals surface area (Å²) < 4.78 is 9.98. The SMILES string of the molecule is OC[C@@H](O)[C@@H](O)[C@H](O)CO[C@H]1O[C@H](CO)[C@@H](O)[C@H](O)[C@H]1O. The Kier molecular flexibility index (Phi) is 7.36. The van der Waals surface area contributed by atoms with Gasteiger partial charge < -0.3 is 50.3 Å². The van der Waals surface area contributed by atoms with Crippen molar-refractivity contribution >= 4 is 0 Å². The van der Waals surface area contributed by atoms with Gasteiger partial charge in [0.15, 0.2) is 6.29 Å². The second-order valence-electron chi connectivity index (χ2n) is 4.84. The molecule has 0 amide bonds. The molecule has 0 unspecified atom stereocenters. The first kappa shape index (κ1) is 18.6. The molecule has 1 heterocycles. The van der Waals surface area contributed by atoms with Crippen LogP contribution in [0.1, 0.15) is 0 Å². The molecule has 1 aliphatic heterocycles. The molecule has 0 saturated carbocycles. The molecule has 0 radical (unpaired) electrons. The summed E-state index contributed by atoms with van der Waals surface area (Å²) in [6.45, 7) is -1.97. The number of rotatable bonds is 7. The third-order valence-electron chi connectivity index (χ3n) is 3.26. The molecular weight excluding hydrogens is 292 g/mol. The first-order chi connectivity index (χ1) is 9.83. The Balaban J connectivity index is 2.53. The van der Waals surface area contributed by atoms with Gasteiger partial charge >= 0.3 is 0 Å². The maximum Gasteiger partial charge on any atom is 0.186 e. The van der Waals surface area contributed by atoms with Crippen LogP contribution in [0.4, 0.5) is 0 Å². The molecule has 0 aromatic carbocycles. The van der Waals surface area contributed by atoms with Crippen molar-refractivity contribution in [2.24, 2.45) is 0 Å². The Labute approximate surface area is 120 Å². The highest BCUT2D eigenvalue weighted by Crippen LogP contribution is 2.22. The second-order valence-corrected chi connectivity index (χ2v) is 4.84. The van der Waals surface area contributed by atoms with Crippen molar-refractivity contribution in [3.63, 3.8) is 0 Å². The molecule has 8 N–H and O–H groups in total. The molecule has 0 bridgehead atoms. The Morgan fingerprint density at radius 2 is 1.52 bits per heavy atom. The number of hydrogen-bond donors (Lipinski definition) is 8. The monoisotopic (exact) mass is 314 g/mol. The fourth-order valence-corrected chi connectivity index (χ4v) is 1.86. The molecule has 1 aliphatic rings. The third kappa shape index (κ3) is 4.53. The summed E-state index contributed by atoms with van der Waals surface area (Å²) in [5.41, 5.74) is 0. The van der Waals surface area contributed by atoms with Gasteiger partial charge in [0.1, 0.15) is 42.7 Å². The summed E-state index contributed by atoms with van der Waals surface area (Å²) in [7, 11) is 0. The third-order valence-corrected chi connectivity index (χ3v) is 3.26. The van der Waals surface area contributed by atoms with Crippen molar-refractivity contribution in [3.8, 4) is 0 Å². The predicted molar refractivity (Wildman–Crippen MR) is 64.8 cm³/mol. The van der Waals surface area contributed by atoms with E-state index in [9.17, 15) is 25.5 Å². The zero-order chi connectivity index (χ0) is 16.2. The lowest BCUT2D eigenvalue weighted by atomic mass is 9.99. The summed E-state index contributed by atoms with van der Waals surface area (Å²) >= 11 is 0. The van der Waals surface area contributed by atoms with Gasteiger partial charge in [-0.2, -0.15) is 0 Å². The van der Waals surface area contributed by atoms with E-state index in [1.807, 2.05) is 0 Å². The Hall–Kier alpha value is -0.400. The average molecular weight is 314 g/mol. The Bertz CT molecular complexity index is 301. The van der Waals surface area contributed by atoms with Gasteiger partial charge in [0.2, 0.25) is 0 Å². The molecule has 1 rings (SSSR count). The van der Waals surface area contributed by atoms with E-state index in [-0.39, 0.29) is 0 Å². The maximum absolute atomic E-state index is 9.65. The van der Waals surface area contributed by atoms with Gasteiger partial charge in [-0.25, -0.2) is 0 Å². The largest absolute Gasteiger partial charge is 0.394 e. The molecule has 1 saturated heterocycles. The van der Waals surface area contributed by atoms with Crippen molar-refractivity contribution in [1.29, 1.82) is 0 Å². The lowest BCUT2D eigenvalue weighted by Crippen LogP contribution is -2.59. The van der Waals surface area contributed by atoms with Gasteiger partial charge in [0.25, 0.3) is 0 Å². The highest BCUT2D eigenvalue weighted by atomic mass is 16.7. The van der Waals surface area contributed by atoms with E-state index >= 15 is 0 Å². The van der Waals surface area contributed by atoms with Crippen LogP contribution in [0.5, 0.6) is 0 Å². The van der Waals surface area contributed by atoms with Gasteiger partial charge in [0, 0.05) is 0 Å². The molecule has 10 heteroatoms. The van der Waals surface area contributed by atoms with Gasteiger partial charge in [-0.15, -0.1) is 0 Å². The van der Waals surface area contributed by atoms with E-state index in [2.05, 4.69) is 0 Å². The van der Waals surface area contributed by atoms with Crippen LogP contribution in [0.25, 0.3) is 0 Å². The predicted octanol–water partition coefficient (Wildman–Crippen LogP) is -5.12. The average Bonchev–Trinajstić information content (AvgIpc) is 2.50.